The molecule has 1 amide bonds. The van der Waals surface area contributed by atoms with Crippen molar-refractivity contribution in [1.29, 1.82) is 0 Å². The van der Waals surface area contributed by atoms with E-state index in [1.807, 2.05) is 60.3 Å². The Labute approximate surface area is 138 Å². The lowest BCUT2D eigenvalue weighted by atomic mass is 10.1. The van der Waals surface area contributed by atoms with E-state index in [0.29, 0.717) is 11.7 Å². The summed E-state index contributed by atoms with van der Waals surface area (Å²) in [6, 6.07) is 15.5. The number of hydrogen-bond donors (Lipinski definition) is 2. The summed E-state index contributed by atoms with van der Waals surface area (Å²) in [5, 5.41) is 11.1. The van der Waals surface area contributed by atoms with Crippen molar-refractivity contribution in [2.75, 3.05) is 5.32 Å². The van der Waals surface area contributed by atoms with Gasteiger partial charge in [0.2, 0.25) is 5.96 Å². The fourth-order valence-electron chi connectivity index (χ4n) is 2.62. The third-order valence-electron chi connectivity index (χ3n) is 3.81. The lowest BCUT2D eigenvalue weighted by Gasteiger charge is -2.03. The highest BCUT2D eigenvalue weighted by Gasteiger charge is 2.20. The summed E-state index contributed by atoms with van der Waals surface area (Å²) in [4.78, 5) is 16.4. The summed E-state index contributed by atoms with van der Waals surface area (Å²) in [6.45, 7) is 0. The fraction of sp³-hybridized carbons (Fsp3) is 0.0556. The Balaban J connectivity index is 1.61. The predicted molar refractivity (Wildman–Crippen MR) is 94.3 cm³/mol. The number of guanidine groups is 1. The van der Waals surface area contributed by atoms with E-state index in [1.165, 1.54) is 0 Å². The quantitative estimate of drug-likeness (QED) is 0.713. The minimum Gasteiger partial charge on any atom is -0.326 e. The van der Waals surface area contributed by atoms with Crippen LogP contribution in [0.4, 0.5) is 5.69 Å². The highest BCUT2D eigenvalue weighted by molar-refractivity contribution is 6.17. The van der Waals surface area contributed by atoms with Crippen molar-refractivity contribution in [2.45, 2.75) is 0 Å². The zero-order valence-electron chi connectivity index (χ0n) is 13.0. The Kier molecular flexibility index (Phi) is 3.35. The van der Waals surface area contributed by atoms with Crippen LogP contribution in [0.5, 0.6) is 0 Å². The molecule has 2 heterocycles. The topological polar surface area (TPSA) is 71.3 Å². The second-order valence-corrected chi connectivity index (χ2v) is 5.52. The normalized spacial score (nSPS) is 15.6. The van der Waals surface area contributed by atoms with Crippen LogP contribution in [0.25, 0.3) is 17.0 Å². The summed E-state index contributed by atoms with van der Waals surface area (Å²) in [6.07, 6.45) is 3.57. The van der Waals surface area contributed by atoms with Crippen molar-refractivity contribution < 1.29 is 4.79 Å². The maximum Gasteiger partial charge on any atom is 0.276 e. The molecule has 1 aliphatic heterocycles. The van der Waals surface area contributed by atoms with Gasteiger partial charge in [0.05, 0.1) is 11.7 Å². The summed E-state index contributed by atoms with van der Waals surface area (Å²) in [5.41, 5.74) is 3.19. The van der Waals surface area contributed by atoms with Crippen LogP contribution >= 0.6 is 0 Å². The molecule has 1 aromatic heterocycles. The van der Waals surface area contributed by atoms with Gasteiger partial charge in [0, 0.05) is 18.1 Å². The number of benzene rings is 2. The van der Waals surface area contributed by atoms with Gasteiger partial charge in [-0.25, -0.2) is 4.99 Å². The summed E-state index contributed by atoms with van der Waals surface area (Å²) in [5.74, 6) is 0.208. The van der Waals surface area contributed by atoms with Crippen molar-refractivity contribution >= 4 is 34.5 Å². The number of aromatic nitrogens is 2. The zero-order chi connectivity index (χ0) is 16.5. The van der Waals surface area contributed by atoms with Gasteiger partial charge in [-0.3, -0.25) is 14.8 Å². The molecule has 2 N–H and O–H groups in total. The van der Waals surface area contributed by atoms with Crippen LogP contribution < -0.4 is 10.6 Å². The van der Waals surface area contributed by atoms with Crippen LogP contribution in [0.1, 0.15) is 5.56 Å². The molecule has 0 saturated heterocycles. The Morgan fingerprint density at radius 2 is 2.00 bits per heavy atom. The summed E-state index contributed by atoms with van der Waals surface area (Å²) in [7, 11) is 1.90. The minimum atomic E-state index is -0.222. The molecule has 0 spiro atoms. The van der Waals surface area contributed by atoms with Gasteiger partial charge in [-0.15, -0.1) is 0 Å². The first-order valence-corrected chi connectivity index (χ1v) is 7.55. The number of nitrogens with one attached hydrogen (secondary N) is 2. The number of para-hydroxylation sites is 1. The van der Waals surface area contributed by atoms with E-state index in [0.717, 1.165) is 22.2 Å². The van der Waals surface area contributed by atoms with Crippen LogP contribution in [0.15, 0.2) is 65.4 Å². The van der Waals surface area contributed by atoms with Crippen molar-refractivity contribution in [1.82, 2.24) is 15.1 Å². The molecule has 4 rings (SSSR count). The van der Waals surface area contributed by atoms with Crippen LogP contribution in [-0.2, 0) is 11.8 Å². The Bertz CT molecular complexity index is 985. The number of carbonyl (C=O) groups excluding carboxylic acids is 1. The average Bonchev–Trinajstić information content (AvgIpc) is 3.11. The standard InChI is InChI=1S/C18H15N5O/c1-23-16-8-7-12(9-13(16)11-19-23)10-15-17(24)22-18(21-15)20-14-5-3-2-4-6-14/h2-11H,1H3,(H2,20,21,22,24). The number of rotatable bonds is 2. The van der Waals surface area contributed by atoms with Crippen LogP contribution in [0.2, 0.25) is 0 Å². The van der Waals surface area contributed by atoms with Gasteiger partial charge in [-0.05, 0) is 35.9 Å². The van der Waals surface area contributed by atoms with Gasteiger partial charge < -0.3 is 5.32 Å². The van der Waals surface area contributed by atoms with Gasteiger partial charge in [-0.2, -0.15) is 5.10 Å². The number of carbonyl (C=O) groups is 1. The van der Waals surface area contributed by atoms with Gasteiger partial charge in [0.25, 0.3) is 5.91 Å². The van der Waals surface area contributed by atoms with Gasteiger partial charge in [-0.1, -0.05) is 24.3 Å². The van der Waals surface area contributed by atoms with Crippen LogP contribution in [0.3, 0.4) is 0 Å². The molecule has 0 radical (unpaired) electrons. The molecule has 6 nitrogen and oxygen atoms in total. The molecule has 0 bridgehead atoms. The van der Waals surface area contributed by atoms with Gasteiger partial charge in [0.1, 0.15) is 5.70 Å². The van der Waals surface area contributed by atoms with Crippen molar-refractivity contribution in [3.63, 3.8) is 0 Å². The number of anilines is 1. The molecule has 6 heteroatoms. The van der Waals surface area contributed by atoms with E-state index in [9.17, 15) is 4.79 Å². The molecular formula is C18H15N5O. The molecule has 1 aliphatic rings. The molecule has 0 saturated carbocycles. The molecule has 0 aliphatic carbocycles. The van der Waals surface area contributed by atoms with Gasteiger partial charge in [0.15, 0.2) is 0 Å². The molecule has 3 aromatic rings. The van der Waals surface area contributed by atoms with E-state index in [4.69, 9.17) is 0 Å². The van der Waals surface area contributed by atoms with E-state index in [-0.39, 0.29) is 5.91 Å². The first kappa shape index (κ1) is 14.2. The highest BCUT2D eigenvalue weighted by Crippen LogP contribution is 2.19. The number of fused-ring (bicyclic) bond motifs is 1. The summed E-state index contributed by atoms with van der Waals surface area (Å²) < 4.78 is 1.81. The smallest absolute Gasteiger partial charge is 0.276 e. The van der Waals surface area contributed by atoms with Crippen molar-refractivity contribution in [3.8, 4) is 0 Å². The molecular weight excluding hydrogens is 302 g/mol. The second-order valence-electron chi connectivity index (χ2n) is 5.52. The van der Waals surface area contributed by atoms with Gasteiger partial charge >= 0.3 is 0 Å². The third-order valence-corrected chi connectivity index (χ3v) is 3.81. The number of aliphatic imine (C=N–C) groups is 1. The third kappa shape index (κ3) is 2.65. The number of aryl methyl sites for hydroxylation is 1. The molecule has 118 valence electrons. The van der Waals surface area contributed by atoms with Crippen LogP contribution in [-0.4, -0.2) is 21.6 Å². The monoisotopic (exact) mass is 317 g/mol. The second kappa shape index (κ2) is 5.66. The van der Waals surface area contributed by atoms with E-state index < -0.39 is 0 Å². The zero-order valence-corrected chi connectivity index (χ0v) is 13.0. The van der Waals surface area contributed by atoms with Crippen molar-refractivity contribution in [2.24, 2.45) is 12.0 Å². The molecule has 0 fully saturated rings. The lowest BCUT2D eigenvalue weighted by Crippen LogP contribution is -2.29. The maximum atomic E-state index is 12.1. The highest BCUT2D eigenvalue weighted by atomic mass is 16.2. The molecule has 24 heavy (non-hydrogen) atoms. The number of amides is 1. The molecule has 2 aromatic carbocycles. The Morgan fingerprint density at radius 3 is 2.83 bits per heavy atom. The average molecular weight is 317 g/mol. The fourth-order valence-corrected chi connectivity index (χ4v) is 2.62. The van der Waals surface area contributed by atoms with Crippen molar-refractivity contribution in [3.05, 3.63) is 66.0 Å². The summed E-state index contributed by atoms with van der Waals surface area (Å²) >= 11 is 0. The first-order chi connectivity index (χ1) is 11.7. The van der Waals surface area contributed by atoms with E-state index in [1.54, 1.807) is 12.3 Å². The first-order valence-electron chi connectivity index (χ1n) is 7.55. The van der Waals surface area contributed by atoms with E-state index >= 15 is 0 Å². The maximum absolute atomic E-state index is 12.1. The Hall–Kier alpha value is -3.41. The van der Waals surface area contributed by atoms with Crippen LogP contribution in [0, 0.1) is 0 Å². The SMILES string of the molecule is Cn1ncc2cc(C=C3N=C(Nc4ccccc4)NC3=O)ccc21. The minimum absolute atomic E-state index is 0.222. The number of nitrogens with zero attached hydrogens (tertiary/aromatic N) is 3. The van der Waals surface area contributed by atoms with E-state index in [2.05, 4.69) is 20.7 Å². The predicted octanol–water partition coefficient (Wildman–Crippen LogP) is 2.51. The molecule has 0 atom stereocenters. The number of hydrogen-bond acceptors (Lipinski definition) is 4. The largest absolute Gasteiger partial charge is 0.326 e. The lowest BCUT2D eigenvalue weighted by molar-refractivity contribution is -0.115. The molecule has 0 unspecified atom stereocenters. The Morgan fingerprint density at radius 1 is 1.17 bits per heavy atom.